The van der Waals surface area contributed by atoms with Gasteiger partial charge in [-0.05, 0) is 6.07 Å². The molecule has 0 bridgehead atoms. The van der Waals surface area contributed by atoms with E-state index in [2.05, 4.69) is 10.5 Å². The number of benzene rings is 1. The first kappa shape index (κ1) is 12.4. The monoisotopic (exact) mass is 239 g/mol. The topological polar surface area (TPSA) is 114 Å². The van der Waals surface area contributed by atoms with Crippen molar-refractivity contribution in [2.45, 2.75) is 0 Å². The van der Waals surface area contributed by atoms with E-state index in [1.165, 1.54) is 25.3 Å². The highest BCUT2D eigenvalue weighted by molar-refractivity contribution is 6.31. The summed E-state index contributed by atoms with van der Waals surface area (Å²) in [5.41, 5.74) is 0.0821. The molecular weight excluding hydrogens is 230 g/mol. The second-order valence-corrected chi connectivity index (χ2v) is 2.88. The predicted octanol–water partition coefficient (Wildman–Crippen LogP) is 1.00. The molecule has 0 aliphatic heterocycles. The number of rotatable bonds is 4. The van der Waals surface area contributed by atoms with Crippen LogP contribution in [0.1, 0.15) is 0 Å². The average molecular weight is 239 g/mol. The van der Waals surface area contributed by atoms with Crippen molar-refractivity contribution in [2.75, 3.05) is 12.4 Å². The van der Waals surface area contributed by atoms with Gasteiger partial charge in [0.05, 0.1) is 23.8 Å². The molecule has 8 heteroatoms. The van der Waals surface area contributed by atoms with Crippen LogP contribution in [0.4, 0.5) is 11.4 Å². The summed E-state index contributed by atoms with van der Waals surface area (Å²) in [6.45, 7) is 0. The first-order valence-electron chi connectivity index (χ1n) is 4.39. The van der Waals surface area contributed by atoms with Gasteiger partial charge in [-0.25, -0.2) is 0 Å². The summed E-state index contributed by atoms with van der Waals surface area (Å²) in [7, 11) is 1.31. The molecule has 1 aromatic rings. The normalized spacial score (nSPS) is 10.2. The molecule has 8 nitrogen and oxygen atoms in total. The molecule has 0 radical (unpaired) electrons. The number of nitrogens with zero attached hydrogens (tertiary/aromatic N) is 2. The Hall–Kier alpha value is -2.64. The van der Waals surface area contributed by atoms with E-state index in [0.29, 0.717) is 6.21 Å². The van der Waals surface area contributed by atoms with Crippen molar-refractivity contribution in [3.63, 3.8) is 0 Å². The smallest absolute Gasteiger partial charge is 0.273 e. The summed E-state index contributed by atoms with van der Waals surface area (Å²) in [6.07, 6.45) is 0.654. The van der Waals surface area contributed by atoms with Crippen LogP contribution >= 0.6 is 0 Å². The third kappa shape index (κ3) is 3.16. The number of carbonyl (C=O) groups excluding carboxylic acids is 1. The van der Waals surface area contributed by atoms with Crippen LogP contribution in [0.5, 0.6) is 5.75 Å². The SMILES string of the molecule is COc1cc([N+](=O)[O-])ccc1NC(=O)/C=N/O. The largest absolute Gasteiger partial charge is 0.494 e. The Morgan fingerprint density at radius 3 is 2.88 bits per heavy atom. The number of nitro benzene ring substituents is 1. The number of methoxy groups -OCH3 is 1. The van der Waals surface area contributed by atoms with Gasteiger partial charge in [0.1, 0.15) is 12.0 Å². The Labute approximate surface area is 95.6 Å². The molecule has 0 aliphatic carbocycles. The molecule has 2 N–H and O–H groups in total. The first-order valence-corrected chi connectivity index (χ1v) is 4.39. The highest BCUT2D eigenvalue weighted by Crippen LogP contribution is 2.28. The van der Waals surface area contributed by atoms with Crippen molar-refractivity contribution in [3.05, 3.63) is 28.3 Å². The maximum Gasteiger partial charge on any atom is 0.273 e. The van der Waals surface area contributed by atoms with Gasteiger partial charge in [0.15, 0.2) is 0 Å². The summed E-state index contributed by atoms with van der Waals surface area (Å²) in [4.78, 5) is 21.0. The molecule has 0 atom stereocenters. The van der Waals surface area contributed by atoms with Gasteiger partial charge in [0, 0.05) is 6.07 Å². The lowest BCUT2D eigenvalue weighted by atomic mass is 10.2. The molecule has 90 valence electrons. The summed E-state index contributed by atoms with van der Waals surface area (Å²) in [6, 6.07) is 3.71. The molecule has 0 heterocycles. The van der Waals surface area contributed by atoms with Crippen LogP contribution in [0, 0.1) is 10.1 Å². The molecule has 0 saturated heterocycles. The lowest BCUT2D eigenvalue weighted by Crippen LogP contribution is -2.13. The Morgan fingerprint density at radius 2 is 2.35 bits per heavy atom. The molecule has 0 aliphatic rings. The van der Waals surface area contributed by atoms with Gasteiger partial charge in [-0.15, -0.1) is 0 Å². The molecule has 1 aromatic carbocycles. The molecule has 0 unspecified atom stereocenters. The van der Waals surface area contributed by atoms with Gasteiger partial charge in [0.25, 0.3) is 11.6 Å². The molecule has 0 fully saturated rings. The molecule has 1 amide bonds. The highest BCUT2D eigenvalue weighted by atomic mass is 16.6. The highest BCUT2D eigenvalue weighted by Gasteiger charge is 2.12. The van der Waals surface area contributed by atoms with Crippen molar-refractivity contribution in [3.8, 4) is 5.75 Å². The van der Waals surface area contributed by atoms with Crippen molar-refractivity contribution in [2.24, 2.45) is 5.16 Å². The zero-order valence-electron chi connectivity index (χ0n) is 8.78. The number of non-ortho nitro benzene ring substituents is 1. The van der Waals surface area contributed by atoms with E-state index in [1.54, 1.807) is 0 Å². The molecular formula is C9H9N3O5. The number of ether oxygens (including phenoxy) is 1. The zero-order valence-corrected chi connectivity index (χ0v) is 8.78. The predicted molar refractivity (Wildman–Crippen MR) is 58.6 cm³/mol. The fourth-order valence-electron chi connectivity index (χ4n) is 1.11. The molecule has 0 aromatic heterocycles. The third-order valence-electron chi connectivity index (χ3n) is 1.83. The van der Waals surface area contributed by atoms with Gasteiger partial charge in [-0.1, -0.05) is 5.16 Å². The van der Waals surface area contributed by atoms with E-state index in [0.717, 1.165) is 0 Å². The lowest BCUT2D eigenvalue weighted by Gasteiger charge is -2.07. The number of hydrogen-bond donors (Lipinski definition) is 2. The van der Waals surface area contributed by atoms with Crippen LogP contribution in [0.15, 0.2) is 23.4 Å². The van der Waals surface area contributed by atoms with E-state index < -0.39 is 10.8 Å². The molecule has 0 spiro atoms. The third-order valence-corrected chi connectivity index (χ3v) is 1.83. The van der Waals surface area contributed by atoms with Crippen LogP contribution in [0.25, 0.3) is 0 Å². The summed E-state index contributed by atoms with van der Waals surface area (Å²) in [5, 5.41) is 23.5. The number of oxime groups is 1. The number of hydrogen-bond acceptors (Lipinski definition) is 6. The lowest BCUT2D eigenvalue weighted by molar-refractivity contribution is -0.384. The number of anilines is 1. The second-order valence-electron chi connectivity index (χ2n) is 2.88. The minimum absolute atomic E-state index is 0.138. The van der Waals surface area contributed by atoms with E-state index in [9.17, 15) is 14.9 Å². The maximum absolute atomic E-state index is 11.1. The van der Waals surface area contributed by atoms with E-state index in [-0.39, 0.29) is 17.1 Å². The van der Waals surface area contributed by atoms with Crippen LogP contribution < -0.4 is 10.1 Å². The Kier molecular flexibility index (Phi) is 3.98. The van der Waals surface area contributed by atoms with E-state index in [4.69, 9.17) is 9.94 Å². The van der Waals surface area contributed by atoms with Crippen molar-refractivity contribution >= 4 is 23.5 Å². The maximum atomic E-state index is 11.1. The number of nitrogens with one attached hydrogen (secondary N) is 1. The molecule has 0 saturated carbocycles. The van der Waals surface area contributed by atoms with Crippen molar-refractivity contribution < 1.29 is 19.7 Å². The number of nitro groups is 1. The van der Waals surface area contributed by atoms with Gasteiger partial charge < -0.3 is 15.3 Å². The van der Waals surface area contributed by atoms with Gasteiger partial charge >= 0.3 is 0 Å². The van der Waals surface area contributed by atoms with Crippen molar-refractivity contribution in [1.82, 2.24) is 0 Å². The Balaban J connectivity index is 3.00. The Bertz CT molecular complexity index is 472. The number of carbonyl (C=O) groups is 1. The van der Waals surface area contributed by atoms with Crippen LogP contribution in [0.3, 0.4) is 0 Å². The van der Waals surface area contributed by atoms with Crippen LogP contribution in [-0.2, 0) is 4.79 Å². The van der Waals surface area contributed by atoms with Crippen LogP contribution in [0.2, 0.25) is 0 Å². The van der Waals surface area contributed by atoms with Gasteiger partial charge in [-0.3, -0.25) is 14.9 Å². The van der Waals surface area contributed by atoms with E-state index in [1.807, 2.05) is 0 Å². The quantitative estimate of drug-likeness (QED) is 0.352. The van der Waals surface area contributed by atoms with Crippen molar-refractivity contribution in [1.29, 1.82) is 0 Å². The average Bonchev–Trinajstić information content (AvgIpc) is 2.29. The summed E-state index contributed by atoms with van der Waals surface area (Å²) in [5.74, 6) is -0.543. The zero-order chi connectivity index (χ0) is 12.8. The minimum atomic E-state index is -0.681. The summed E-state index contributed by atoms with van der Waals surface area (Å²) >= 11 is 0. The fraction of sp³-hybridized carbons (Fsp3) is 0.111. The summed E-state index contributed by atoms with van der Waals surface area (Å²) < 4.78 is 4.89. The van der Waals surface area contributed by atoms with Gasteiger partial charge in [-0.2, -0.15) is 0 Å². The van der Waals surface area contributed by atoms with Gasteiger partial charge in [0.2, 0.25) is 0 Å². The number of amides is 1. The van der Waals surface area contributed by atoms with E-state index >= 15 is 0 Å². The minimum Gasteiger partial charge on any atom is -0.494 e. The standard InChI is InChI=1S/C9H9N3O5/c1-17-8-4-6(12(15)16)2-3-7(8)11-9(13)5-10-14/h2-5,14H,1H3,(H,11,13)/b10-5+. The fourth-order valence-corrected chi connectivity index (χ4v) is 1.11. The molecule has 17 heavy (non-hydrogen) atoms. The first-order chi connectivity index (χ1) is 8.08. The second kappa shape index (κ2) is 5.45. The van der Waals surface area contributed by atoms with Crippen LogP contribution in [-0.4, -0.2) is 29.4 Å². The Morgan fingerprint density at radius 1 is 1.65 bits per heavy atom. The molecule has 1 rings (SSSR count).